The molecule has 0 bridgehead atoms. The first-order valence-corrected chi connectivity index (χ1v) is 9.96. The van der Waals surface area contributed by atoms with Crippen LogP contribution in [-0.2, 0) is 10.3 Å². The van der Waals surface area contributed by atoms with Gasteiger partial charge in [0.25, 0.3) is 0 Å². The van der Waals surface area contributed by atoms with Crippen molar-refractivity contribution < 1.29 is 32.5 Å². The zero-order chi connectivity index (χ0) is 24.4. The fourth-order valence-corrected chi connectivity index (χ4v) is 3.63. The molecular formula is C22H19ClF3N3O4. The van der Waals surface area contributed by atoms with E-state index in [1.54, 1.807) is 0 Å². The minimum Gasteiger partial charge on any atom is -0.464 e. The number of hydrogen-bond donors (Lipinski definition) is 1. The van der Waals surface area contributed by atoms with E-state index in [1.165, 1.54) is 63.6 Å². The van der Waals surface area contributed by atoms with Crippen LogP contribution in [0, 0.1) is 6.92 Å². The fraction of sp³-hybridized carbons (Fsp3) is 0.273. The van der Waals surface area contributed by atoms with E-state index in [9.17, 15) is 23.1 Å². The standard InChI is InChI=1S/C22H19ClF3N3O4/c1-12-10-14(8-9-27-12)21(31,22(24,25)26)13(2)16-5-4-15(11-17(16)23)33-19-7-6-18(28-29-19)20(30)32-3/h4-11,13,31H,1-3H3. The van der Waals surface area contributed by atoms with Crippen molar-refractivity contribution in [3.63, 3.8) is 0 Å². The van der Waals surface area contributed by atoms with Crippen molar-refractivity contribution in [2.45, 2.75) is 31.5 Å². The molecule has 0 saturated heterocycles. The summed E-state index contributed by atoms with van der Waals surface area (Å²) in [5.41, 5.74) is -3.18. The predicted molar refractivity (Wildman–Crippen MR) is 112 cm³/mol. The number of alkyl halides is 3. The van der Waals surface area contributed by atoms with Gasteiger partial charge in [-0.05, 0) is 48.4 Å². The van der Waals surface area contributed by atoms with E-state index in [0.717, 1.165) is 6.07 Å². The summed E-state index contributed by atoms with van der Waals surface area (Å²) in [7, 11) is 1.20. The van der Waals surface area contributed by atoms with E-state index in [-0.39, 0.29) is 33.5 Å². The number of carbonyl (C=O) groups is 1. The molecule has 3 aromatic rings. The second-order valence-electron chi connectivity index (χ2n) is 7.21. The number of aryl methyl sites for hydroxylation is 1. The third kappa shape index (κ3) is 4.91. The van der Waals surface area contributed by atoms with Gasteiger partial charge in [0.05, 0.1) is 7.11 Å². The van der Waals surface area contributed by atoms with Crippen LogP contribution in [0.5, 0.6) is 11.6 Å². The van der Waals surface area contributed by atoms with Gasteiger partial charge < -0.3 is 14.6 Å². The highest BCUT2D eigenvalue weighted by Gasteiger charge is 2.59. The number of esters is 1. The van der Waals surface area contributed by atoms with Crippen molar-refractivity contribution in [2.24, 2.45) is 0 Å². The van der Waals surface area contributed by atoms with Gasteiger partial charge in [0.1, 0.15) is 5.75 Å². The monoisotopic (exact) mass is 481 g/mol. The first-order valence-electron chi connectivity index (χ1n) is 9.59. The van der Waals surface area contributed by atoms with Crippen LogP contribution >= 0.6 is 11.6 Å². The van der Waals surface area contributed by atoms with Crippen molar-refractivity contribution in [2.75, 3.05) is 7.11 Å². The van der Waals surface area contributed by atoms with Crippen molar-refractivity contribution in [3.05, 3.63) is 76.2 Å². The Hall–Kier alpha value is -3.24. The van der Waals surface area contributed by atoms with Gasteiger partial charge >= 0.3 is 12.1 Å². The third-order valence-corrected chi connectivity index (χ3v) is 5.42. The van der Waals surface area contributed by atoms with Crippen LogP contribution < -0.4 is 4.74 Å². The van der Waals surface area contributed by atoms with E-state index < -0.39 is 23.7 Å². The predicted octanol–water partition coefficient (Wildman–Crippen LogP) is 4.97. The summed E-state index contributed by atoms with van der Waals surface area (Å²) in [6.07, 6.45) is -3.78. The second-order valence-corrected chi connectivity index (χ2v) is 7.61. The maximum atomic E-state index is 14.1. The molecule has 1 N–H and O–H groups in total. The number of aliphatic hydroxyl groups is 1. The molecule has 0 spiro atoms. The van der Waals surface area contributed by atoms with Crippen molar-refractivity contribution >= 4 is 17.6 Å². The Bertz CT molecular complexity index is 1160. The molecule has 174 valence electrons. The molecule has 0 amide bonds. The third-order valence-electron chi connectivity index (χ3n) is 5.09. The van der Waals surface area contributed by atoms with Crippen molar-refractivity contribution in [1.82, 2.24) is 15.2 Å². The maximum absolute atomic E-state index is 14.1. The molecule has 0 saturated carbocycles. The number of hydrogen-bond acceptors (Lipinski definition) is 7. The molecule has 0 aliphatic heterocycles. The van der Waals surface area contributed by atoms with Crippen LogP contribution in [0.25, 0.3) is 0 Å². The van der Waals surface area contributed by atoms with Crippen molar-refractivity contribution in [1.29, 1.82) is 0 Å². The zero-order valence-electron chi connectivity index (χ0n) is 17.7. The van der Waals surface area contributed by atoms with Crippen LogP contribution in [0.3, 0.4) is 0 Å². The molecule has 2 atom stereocenters. The molecule has 2 aromatic heterocycles. The van der Waals surface area contributed by atoms with Gasteiger partial charge in [-0.3, -0.25) is 4.98 Å². The molecular weight excluding hydrogens is 463 g/mol. The number of halogens is 4. The molecule has 0 fully saturated rings. The van der Waals surface area contributed by atoms with Crippen LogP contribution in [0.2, 0.25) is 5.02 Å². The number of pyridine rings is 1. The molecule has 0 radical (unpaired) electrons. The van der Waals surface area contributed by atoms with Crippen LogP contribution in [-0.4, -0.2) is 39.5 Å². The number of nitrogens with zero attached hydrogens (tertiary/aromatic N) is 3. The van der Waals surface area contributed by atoms with Gasteiger partial charge in [-0.1, -0.05) is 24.6 Å². The van der Waals surface area contributed by atoms with Crippen molar-refractivity contribution in [3.8, 4) is 11.6 Å². The van der Waals surface area contributed by atoms with Gasteiger partial charge in [0.15, 0.2) is 11.3 Å². The number of methoxy groups -OCH3 is 1. The van der Waals surface area contributed by atoms with Crippen LogP contribution in [0.15, 0.2) is 48.7 Å². The highest BCUT2D eigenvalue weighted by atomic mass is 35.5. The number of aromatic nitrogens is 3. The van der Waals surface area contributed by atoms with E-state index >= 15 is 0 Å². The Morgan fingerprint density at radius 1 is 1.12 bits per heavy atom. The lowest BCUT2D eigenvalue weighted by atomic mass is 9.78. The Morgan fingerprint density at radius 2 is 1.85 bits per heavy atom. The Morgan fingerprint density at radius 3 is 2.39 bits per heavy atom. The minimum atomic E-state index is -4.99. The number of ether oxygens (including phenoxy) is 2. The normalized spacial score (nSPS) is 14.3. The largest absolute Gasteiger partial charge is 0.464 e. The quantitative estimate of drug-likeness (QED) is 0.497. The highest BCUT2D eigenvalue weighted by molar-refractivity contribution is 6.31. The number of benzene rings is 1. The van der Waals surface area contributed by atoms with E-state index in [4.69, 9.17) is 16.3 Å². The summed E-state index contributed by atoms with van der Waals surface area (Å²) in [5, 5.41) is 18.2. The van der Waals surface area contributed by atoms with E-state index in [2.05, 4.69) is 19.9 Å². The Labute approximate surface area is 192 Å². The first-order chi connectivity index (χ1) is 15.5. The average Bonchev–Trinajstić information content (AvgIpc) is 2.77. The summed E-state index contributed by atoms with van der Waals surface area (Å²) in [4.78, 5) is 15.3. The SMILES string of the molecule is COC(=O)c1ccc(Oc2ccc(C(C)C(O)(c3ccnc(C)c3)C(F)(F)F)c(Cl)c2)nn1. The molecule has 7 nitrogen and oxygen atoms in total. The van der Waals surface area contributed by atoms with Gasteiger partial charge in [-0.2, -0.15) is 13.2 Å². The molecule has 11 heteroatoms. The number of carbonyl (C=O) groups excluding carboxylic acids is 1. The van der Waals surface area contributed by atoms with Crippen LogP contribution in [0.1, 0.15) is 40.2 Å². The van der Waals surface area contributed by atoms with Gasteiger partial charge in [-0.25, -0.2) is 4.79 Å². The lowest BCUT2D eigenvalue weighted by Gasteiger charge is -2.37. The average molecular weight is 482 g/mol. The smallest absolute Gasteiger partial charge is 0.422 e. The lowest BCUT2D eigenvalue weighted by Crippen LogP contribution is -2.46. The maximum Gasteiger partial charge on any atom is 0.422 e. The summed E-state index contributed by atoms with van der Waals surface area (Å²) < 4.78 is 52.3. The summed E-state index contributed by atoms with van der Waals surface area (Å²) >= 11 is 6.28. The summed E-state index contributed by atoms with van der Waals surface area (Å²) in [6.45, 7) is 2.77. The second kappa shape index (κ2) is 9.32. The lowest BCUT2D eigenvalue weighted by molar-refractivity contribution is -0.274. The zero-order valence-corrected chi connectivity index (χ0v) is 18.5. The minimum absolute atomic E-state index is 0.0233. The molecule has 0 aliphatic carbocycles. The highest BCUT2D eigenvalue weighted by Crippen LogP contribution is 2.50. The molecule has 3 rings (SSSR count). The van der Waals surface area contributed by atoms with Crippen LogP contribution in [0.4, 0.5) is 13.2 Å². The Kier molecular flexibility index (Phi) is 6.89. The van der Waals surface area contributed by atoms with Gasteiger partial charge in [0.2, 0.25) is 5.88 Å². The fourth-order valence-electron chi connectivity index (χ4n) is 3.30. The molecule has 2 unspecified atom stereocenters. The van der Waals surface area contributed by atoms with E-state index in [1.807, 2.05) is 0 Å². The van der Waals surface area contributed by atoms with Gasteiger partial charge in [-0.15, -0.1) is 10.2 Å². The summed E-state index contributed by atoms with van der Waals surface area (Å²) in [6, 6.07) is 9.05. The van der Waals surface area contributed by atoms with Gasteiger partial charge in [0, 0.05) is 28.9 Å². The molecule has 2 heterocycles. The summed E-state index contributed by atoms with van der Waals surface area (Å²) in [5.74, 6) is -1.93. The topological polar surface area (TPSA) is 94.4 Å². The molecule has 1 aromatic carbocycles. The molecule has 33 heavy (non-hydrogen) atoms. The Balaban J connectivity index is 1.91. The van der Waals surface area contributed by atoms with E-state index in [0.29, 0.717) is 5.69 Å². The first kappa shape index (κ1) is 24.4. The molecule has 0 aliphatic rings. The number of rotatable bonds is 6.